The first-order valence-corrected chi connectivity index (χ1v) is 9.12. The molecule has 0 aromatic carbocycles. The maximum atomic E-state index is 11.9. The van der Waals surface area contributed by atoms with Gasteiger partial charge in [0.05, 0.1) is 5.56 Å². The van der Waals surface area contributed by atoms with Crippen molar-refractivity contribution >= 4 is 11.6 Å². The number of nitrogens with zero attached hydrogens (tertiary/aromatic N) is 2. The Hall–Kier alpha value is -1.42. The van der Waals surface area contributed by atoms with Crippen molar-refractivity contribution in [2.75, 3.05) is 18.0 Å². The molecule has 1 aromatic rings. The van der Waals surface area contributed by atoms with E-state index >= 15 is 0 Å². The van der Waals surface area contributed by atoms with E-state index in [0.717, 1.165) is 48.9 Å². The second-order valence-corrected chi connectivity index (χ2v) is 7.20. The first-order valence-electron chi connectivity index (χ1n) is 9.12. The number of carbonyl (C=O) groups is 1. The lowest BCUT2D eigenvalue weighted by atomic mass is 9.93. The van der Waals surface area contributed by atoms with E-state index in [-0.39, 0.29) is 5.78 Å². The minimum atomic E-state index is 0.110. The minimum absolute atomic E-state index is 0.110. The van der Waals surface area contributed by atoms with Crippen LogP contribution < -0.4 is 10.2 Å². The zero-order valence-corrected chi connectivity index (χ0v) is 14.5. The quantitative estimate of drug-likeness (QED) is 0.864. The lowest BCUT2D eigenvalue weighted by molar-refractivity contribution is 0.101. The SMILES string of the molecule is CC(=O)c1cc(C)cnc1N1CCC(NC2CCCCC2)CC1. The van der Waals surface area contributed by atoms with Gasteiger partial charge < -0.3 is 10.2 Å². The van der Waals surface area contributed by atoms with Crippen molar-refractivity contribution in [3.05, 3.63) is 23.4 Å². The van der Waals surface area contributed by atoms with E-state index in [1.165, 1.54) is 32.1 Å². The molecule has 0 unspecified atom stereocenters. The molecule has 2 aliphatic rings. The number of ketones is 1. The molecule has 0 radical (unpaired) electrons. The number of aryl methyl sites for hydroxylation is 1. The van der Waals surface area contributed by atoms with Crippen LogP contribution in [0.25, 0.3) is 0 Å². The third kappa shape index (κ3) is 4.11. The molecule has 126 valence electrons. The summed E-state index contributed by atoms with van der Waals surface area (Å²) in [5, 5.41) is 3.86. The van der Waals surface area contributed by atoms with Crippen LogP contribution in [0.4, 0.5) is 5.82 Å². The molecule has 2 heterocycles. The van der Waals surface area contributed by atoms with Crippen molar-refractivity contribution in [1.29, 1.82) is 0 Å². The molecule has 2 fully saturated rings. The lowest BCUT2D eigenvalue weighted by Gasteiger charge is -2.36. The van der Waals surface area contributed by atoms with Crippen molar-refractivity contribution in [1.82, 2.24) is 10.3 Å². The number of aromatic nitrogens is 1. The minimum Gasteiger partial charge on any atom is -0.356 e. The molecule has 1 aliphatic carbocycles. The van der Waals surface area contributed by atoms with E-state index in [0.29, 0.717) is 6.04 Å². The van der Waals surface area contributed by atoms with Gasteiger partial charge in [0.1, 0.15) is 5.82 Å². The fraction of sp³-hybridized carbons (Fsp3) is 0.684. The monoisotopic (exact) mass is 315 g/mol. The molecule has 3 rings (SSSR count). The van der Waals surface area contributed by atoms with E-state index in [1.54, 1.807) is 6.92 Å². The second-order valence-electron chi connectivity index (χ2n) is 7.20. The van der Waals surface area contributed by atoms with E-state index in [4.69, 9.17) is 0 Å². The van der Waals surface area contributed by atoms with Gasteiger partial charge in [-0.2, -0.15) is 0 Å². The van der Waals surface area contributed by atoms with Crippen molar-refractivity contribution in [3.8, 4) is 0 Å². The molecular weight excluding hydrogens is 286 g/mol. The number of anilines is 1. The smallest absolute Gasteiger partial charge is 0.163 e. The summed E-state index contributed by atoms with van der Waals surface area (Å²) in [5.74, 6) is 0.984. The fourth-order valence-corrected chi connectivity index (χ4v) is 3.93. The van der Waals surface area contributed by atoms with Gasteiger partial charge in [-0.3, -0.25) is 4.79 Å². The number of hydrogen-bond acceptors (Lipinski definition) is 4. The summed E-state index contributed by atoms with van der Waals surface area (Å²) in [6.07, 6.45) is 11.0. The Balaban J connectivity index is 1.59. The maximum Gasteiger partial charge on any atom is 0.163 e. The topological polar surface area (TPSA) is 45.2 Å². The average Bonchev–Trinajstić information content (AvgIpc) is 2.56. The summed E-state index contributed by atoms with van der Waals surface area (Å²) < 4.78 is 0. The van der Waals surface area contributed by atoms with Gasteiger partial charge in [-0.25, -0.2) is 4.98 Å². The molecule has 1 aliphatic heterocycles. The number of rotatable bonds is 4. The summed E-state index contributed by atoms with van der Waals surface area (Å²) in [6.45, 7) is 5.60. The molecule has 0 bridgehead atoms. The first-order chi connectivity index (χ1) is 11.1. The summed E-state index contributed by atoms with van der Waals surface area (Å²) in [7, 11) is 0. The van der Waals surface area contributed by atoms with Crippen molar-refractivity contribution in [2.24, 2.45) is 0 Å². The molecule has 23 heavy (non-hydrogen) atoms. The van der Waals surface area contributed by atoms with Crippen molar-refractivity contribution in [2.45, 2.75) is 70.9 Å². The predicted octanol–water partition coefficient (Wildman–Crippen LogP) is 3.48. The van der Waals surface area contributed by atoms with Gasteiger partial charge in [0.2, 0.25) is 0 Å². The van der Waals surface area contributed by atoms with Gasteiger partial charge in [-0.1, -0.05) is 19.3 Å². The number of nitrogens with one attached hydrogen (secondary N) is 1. The summed E-state index contributed by atoms with van der Waals surface area (Å²) >= 11 is 0. The fourth-order valence-electron chi connectivity index (χ4n) is 3.93. The molecular formula is C19H29N3O. The molecule has 4 heteroatoms. The highest BCUT2D eigenvalue weighted by atomic mass is 16.1. The molecule has 4 nitrogen and oxygen atoms in total. The normalized spacial score (nSPS) is 20.7. The largest absolute Gasteiger partial charge is 0.356 e. The molecule has 1 aromatic heterocycles. The molecule has 1 saturated heterocycles. The molecule has 0 amide bonds. The zero-order chi connectivity index (χ0) is 16.2. The van der Waals surface area contributed by atoms with Gasteiger partial charge in [0.15, 0.2) is 5.78 Å². The molecule has 1 N–H and O–H groups in total. The first kappa shape index (κ1) is 16.4. The van der Waals surface area contributed by atoms with Crippen LogP contribution in [0.3, 0.4) is 0 Å². The Morgan fingerprint density at radius 1 is 1.13 bits per heavy atom. The lowest BCUT2D eigenvalue weighted by Crippen LogP contribution is -2.47. The van der Waals surface area contributed by atoms with E-state index in [2.05, 4.69) is 15.2 Å². The number of piperidine rings is 1. The Morgan fingerprint density at radius 2 is 1.78 bits per heavy atom. The Labute approximate surface area is 139 Å². The third-order valence-electron chi connectivity index (χ3n) is 5.25. The Bertz CT molecular complexity index is 544. The summed E-state index contributed by atoms with van der Waals surface area (Å²) in [5.41, 5.74) is 1.82. The van der Waals surface area contributed by atoms with E-state index in [1.807, 2.05) is 19.2 Å². The Kier molecular flexibility index (Phi) is 5.31. The molecule has 1 saturated carbocycles. The van der Waals surface area contributed by atoms with Crippen LogP contribution in [0, 0.1) is 6.92 Å². The van der Waals surface area contributed by atoms with Gasteiger partial charge in [0.25, 0.3) is 0 Å². The number of carbonyl (C=O) groups excluding carboxylic acids is 1. The Morgan fingerprint density at radius 3 is 2.43 bits per heavy atom. The van der Waals surface area contributed by atoms with Crippen LogP contribution in [-0.4, -0.2) is 35.9 Å². The zero-order valence-electron chi connectivity index (χ0n) is 14.5. The van der Waals surface area contributed by atoms with Gasteiger partial charge >= 0.3 is 0 Å². The summed E-state index contributed by atoms with van der Waals surface area (Å²) in [4.78, 5) is 18.7. The van der Waals surface area contributed by atoms with Crippen molar-refractivity contribution in [3.63, 3.8) is 0 Å². The second kappa shape index (κ2) is 7.43. The predicted molar refractivity (Wildman–Crippen MR) is 94.2 cm³/mol. The van der Waals surface area contributed by atoms with Crippen LogP contribution >= 0.6 is 0 Å². The van der Waals surface area contributed by atoms with Crippen LogP contribution in [0.15, 0.2) is 12.3 Å². The van der Waals surface area contributed by atoms with Crippen LogP contribution in [0.1, 0.15) is 67.8 Å². The third-order valence-corrected chi connectivity index (χ3v) is 5.25. The number of pyridine rings is 1. The van der Waals surface area contributed by atoms with E-state index in [9.17, 15) is 4.79 Å². The summed E-state index contributed by atoms with van der Waals surface area (Å²) in [6, 6.07) is 3.32. The molecule has 0 spiro atoms. The average molecular weight is 315 g/mol. The standard InChI is InChI=1S/C19H29N3O/c1-14-12-18(15(2)23)19(20-13-14)22-10-8-17(9-11-22)21-16-6-4-3-5-7-16/h12-13,16-17,21H,3-11H2,1-2H3. The van der Waals surface area contributed by atoms with Crippen LogP contribution in [0.5, 0.6) is 0 Å². The molecule has 0 atom stereocenters. The van der Waals surface area contributed by atoms with Crippen LogP contribution in [0.2, 0.25) is 0 Å². The van der Waals surface area contributed by atoms with E-state index < -0.39 is 0 Å². The van der Waals surface area contributed by atoms with Gasteiger partial charge in [-0.15, -0.1) is 0 Å². The maximum absolute atomic E-state index is 11.9. The number of hydrogen-bond donors (Lipinski definition) is 1. The highest BCUT2D eigenvalue weighted by molar-refractivity contribution is 5.99. The highest BCUT2D eigenvalue weighted by Gasteiger charge is 2.25. The van der Waals surface area contributed by atoms with Gasteiger partial charge in [0, 0.05) is 31.4 Å². The highest BCUT2D eigenvalue weighted by Crippen LogP contribution is 2.25. The van der Waals surface area contributed by atoms with Crippen molar-refractivity contribution < 1.29 is 4.79 Å². The van der Waals surface area contributed by atoms with Gasteiger partial charge in [-0.05, 0) is 51.2 Å². The number of Topliss-reactive ketones (excluding diaryl/α,β-unsaturated/α-hetero) is 1. The van der Waals surface area contributed by atoms with Crippen LogP contribution in [-0.2, 0) is 0 Å².